The molecule has 0 bridgehead atoms. The summed E-state index contributed by atoms with van der Waals surface area (Å²) in [4.78, 5) is 4.70. The van der Waals surface area contributed by atoms with Gasteiger partial charge in [-0.2, -0.15) is 0 Å². The number of rotatable bonds is 3. The zero-order valence-electron chi connectivity index (χ0n) is 33.2. The molecule has 1 nitrogen and oxygen atoms in total. The Hall–Kier alpha value is -6.83. The minimum Gasteiger partial charge on any atom is -0.264 e. The van der Waals surface area contributed by atoms with Crippen LogP contribution in [-0.2, 0) is 10.8 Å². The second kappa shape index (κ2) is 11.9. The molecule has 274 valence electrons. The van der Waals surface area contributed by atoms with Crippen LogP contribution in [0.3, 0.4) is 0 Å². The zero-order valence-corrected chi connectivity index (χ0v) is 33.2. The quantitative estimate of drug-likeness (QED) is 0.164. The van der Waals surface area contributed by atoms with Gasteiger partial charge in [-0.3, -0.25) is 4.98 Å². The summed E-state index contributed by atoms with van der Waals surface area (Å²) < 4.78 is 0. The van der Waals surface area contributed by atoms with Crippen LogP contribution in [0.25, 0.3) is 98.7 Å². The first kappa shape index (κ1) is 33.3. The molecule has 0 saturated carbocycles. The first-order valence-electron chi connectivity index (χ1n) is 20.5. The van der Waals surface area contributed by atoms with Gasteiger partial charge in [-0.25, -0.2) is 0 Å². The van der Waals surface area contributed by atoms with E-state index in [4.69, 9.17) is 4.98 Å². The van der Waals surface area contributed by atoms with Crippen LogP contribution >= 0.6 is 0 Å². The molecule has 2 aliphatic carbocycles. The SMILES string of the molecule is CC1(C)c2ccccc2-c2ccc(-c3ccc4c(-c5c6ccccc6cc6ccncc56)c5ccccc5c(-c5ccc6c(c5)C(C)(C)c5ccccc5-6)c4c3)cc21. The number of benzene rings is 9. The van der Waals surface area contributed by atoms with Crippen molar-refractivity contribution in [2.45, 2.75) is 38.5 Å². The van der Waals surface area contributed by atoms with Gasteiger partial charge in [-0.05, 0) is 140 Å². The van der Waals surface area contributed by atoms with Crippen LogP contribution in [0.2, 0.25) is 0 Å². The van der Waals surface area contributed by atoms with E-state index in [2.05, 4.69) is 198 Å². The van der Waals surface area contributed by atoms with E-state index in [9.17, 15) is 0 Å². The van der Waals surface area contributed by atoms with E-state index in [0.717, 1.165) is 0 Å². The fraction of sp³-hybridized carbons (Fsp3) is 0.105. The highest BCUT2D eigenvalue weighted by atomic mass is 14.6. The average molecular weight is 740 g/mol. The molecule has 58 heavy (non-hydrogen) atoms. The predicted molar refractivity (Wildman–Crippen MR) is 246 cm³/mol. The minimum atomic E-state index is -0.109. The van der Waals surface area contributed by atoms with Crippen LogP contribution in [-0.4, -0.2) is 4.98 Å². The van der Waals surface area contributed by atoms with Crippen molar-refractivity contribution in [2.24, 2.45) is 0 Å². The topological polar surface area (TPSA) is 12.9 Å². The van der Waals surface area contributed by atoms with Crippen LogP contribution in [0, 0.1) is 0 Å². The molecule has 1 heterocycles. The lowest BCUT2D eigenvalue weighted by atomic mass is 9.79. The van der Waals surface area contributed by atoms with E-state index in [0.29, 0.717) is 0 Å². The van der Waals surface area contributed by atoms with E-state index < -0.39 is 0 Å². The summed E-state index contributed by atoms with van der Waals surface area (Å²) in [6, 6.07) is 61.9. The molecule has 0 spiro atoms. The lowest BCUT2D eigenvalue weighted by molar-refractivity contribution is 0.660. The van der Waals surface area contributed by atoms with Gasteiger partial charge in [0.1, 0.15) is 0 Å². The number of aromatic nitrogens is 1. The summed E-state index contributed by atoms with van der Waals surface area (Å²) in [7, 11) is 0. The number of pyridine rings is 1. The van der Waals surface area contributed by atoms with Crippen LogP contribution in [0.4, 0.5) is 0 Å². The summed E-state index contributed by atoms with van der Waals surface area (Å²) in [6.45, 7) is 9.50. The highest BCUT2D eigenvalue weighted by molar-refractivity contribution is 6.27. The smallest absolute Gasteiger partial charge is 0.0352 e. The molecule has 9 aromatic carbocycles. The Kier molecular flexibility index (Phi) is 6.81. The molecule has 10 aromatic rings. The van der Waals surface area contributed by atoms with Gasteiger partial charge in [0.15, 0.2) is 0 Å². The second-order valence-corrected chi connectivity index (χ2v) is 17.5. The molecule has 0 radical (unpaired) electrons. The van der Waals surface area contributed by atoms with Gasteiger partial charge in [-0.1, -0.05) is 161 Å². The van der Waals surface area contributed by atoms with Crippen molar-refractivity contribution < 1.29 is 0 Å². The van der Waals surface area contributed by atoms with Gasteiger partial charge >= 0.3 is 0 Å². The Morgan fingerprint density at radius 1 is 0.328 bits per heavy atom. The largest absolute Gasteiger partial charge is 0.264 e. The maximum absolute atomic E-state index is 4.70. The van der Waals surface area contributed by atoms with Crippen LogP contribution in [0.15, 0.2) is 176 Å². The summed E-state index contributed by atoms with van der Waals surface area (Å²) in [5.41, 5.74) is 18.3. The summed E-state index contributed by atoms with van der Waals surface area (Å²) >= 11 is 0. The molecule has 0 fully saturated rings. The average Bonchev–Trinajstić information content (AvgIpc) is 3.63. The molecule has 0 aliphatic heterocycles. The van der Waals surface area contributed by atoms with E-state index in [1.807, 2.05) is 6.20 Å². The van der Waals surface area contributed by atoms with Crippen LogP contribution < -0.4 is 0 Å². The normalized spacial score (nSPS) is 14.5. The summed E-state index contributed by atoms with van der Waals surface area (Å²) in [5.74, 6) is 0. The van der Waals surface area contributed by atoms with Gasteiger partial charge in [0.25, 0.3) is 0 Å². The van der Waals surface area contributed by atoms with Gasteiger partial charge < -0.3 is 0 Å². The minimum absolute atomic E-state index is 0.0778. The fourth-order valence-electron chi connectivity index (χ4n) is 10.9. The molecule has 2 aliphatic rings. The van der Waals surface area contributed by atoms with Gasteiger partial charge in [0.2, 0.25) is 0 Å². The monoisotopic (exact) mass is 739 g/mol. The Bertz CT molecular complexity index is 3340. The predicted octanol–water partition coefficient (Wildman–Crippen LogP) is 15.3. The highest BCUT2D eigenvalue weighted by Gasteiger charge is 2.37. The number of nitrogens with zero attached hydrogens (tertiary/aromatic N) is 1. The Labute approximate surface area is 339 Å². The standard InChI is InChI=1S/C57H41N/c1-56(2)49-19-11-9-15-40(49)42-24-21-35(31-51(42)56)34-22-26-46-47(30-34)53(38-23-25-43-41-16-10-12-20-50(41)57(3,4)52(43)32-38)44-17-7-8-18-45(44)55(46)54-39-14-6-5-13-36(39)29-37-27-28-58-33-48(37)54/h5-33H,1-4H3. The molecule has 0 amide bonds. The summed E-state index contributed by atoms with van der Waals surface area (Å²) in [6.07, 6.45) is 3.97. The number of hydrogen-bond acceptors (Lipinski definition) is 1. The van der Waals surface area contributed by atoms with E-state index in [1.165, 1.54) is 121 Å². The van der Waals surface area contributed by atoms with Crippen molar-refractivity contribution in [1.82, 2.24) is 4.98 Å². The van der Waals surface area contributed by atoms with Crippen molar-refractivity contribution in [2.75, 3.05) is 0 Å². The fourth-order valence-corrected chi connectivity index (χ4v) is 10.9. The van der Waals surface area contributed by atoms with E-state index in [-0.39, 0.29) is 10.8 Å². The maximum Gasteiger partial charge on any atom is 0.0352 e. The van der Waals surface area contributed by atoms with Crippen molar-refractivity contribution in [3.8, 4) is 55.6 Å². The first-order chi connectivity index (χ1) is 28.3. The lowest BCUT2D eigenvalue weighted by Crippen LogP contribution is -2.15. The number of fused-ring (bicyclic) bond motifs is 10. The molecule has 0 saturated heterocycles. The van der Waals surface area contributed by atoms with Crippen LogP contribution in [0.5, 0.6) is 0 Å². The van der Waals surface area contributed by atoms with Crippen molar-refractivity contribution in [3.63, 3.8) is 0 Å². The van der Waals surface area contributed by atoms with Gasteiger partial charge in [-0.15, -0.1) is 0 Å². The molecule has 1 aromatic heterocycles. The van der Waals surface area contributed by atoms with Crippen molar-refractivity contribution in [3.05, 3.63) is 198 Å². The van der Waals surface area contributed by atoms with E-state index >= 15 is 0 Å². The molecule has 12 rings (SSSR count). The zero-order chi connectivity index (χ0) is 38.9. The Morgan fingerprint density at radius 2 is 0.810 bits per heavy atom. The Morgan fingerprint density at radius 3 is 1.52 bits per heavy atom. The van der Waals surface area contributed by atoms with Crippen molar-refractivity contribution >= 4 is 43.1 Å². The third-order valence-corrected chi connectivity index (χ3v) is 13.7. The number of hydrogen-bond donors (Lipinski definition) is 0. The molecule has 0 atom stereocenters. The molecule has 1 heteroatoms. The third-order valence-electron chi connectivity index (χ3n) is 13.7. The van der Waals surface area contributed by atoms with Gasteiger partial charge in [0.05, 0.1) is 0 Å². The van der Waals surface area contributed by atoms with Gasteiger partial charge in [0, 0.05) is 34.2 Å². The third kappa shape index (κ3) is 4.50. The maximum atomic E-state index is 4.70. The van der Waals surface area contributed by atoms with Crippen molar-refractivity contribution in [1.29, 1.82) is 0 Å². The molecule has 0 unspecified atom stereocenters. The Balaban J connectivity index is 1.19. The molecular weight excluding hydrogens is 699 g/mol. The van der Waals surface area contributed by atoms with E-state index in [1.54, 1.807) is 0 Å². The second-order valence-electron chi connectivity index (χ2n) is 17.5. The molecular formula is C57H41N. The highest BCUT2D eigenvalue weighted by Crippen LogP contribution is 2.53. The summed E-state index contributed by atoms with van der Waals surface area (Å²) in [5, 5.41) is 9.85. The van der Waals surface area contributed by atoms with Crippen LogP contribution in [0.1, 0.15) is 49.9 Å². The molecule has 0 N–H and O–H groups in total. The lowest BCUT2D eigenvalue weighted by Gasteiger charge is -2.24. The first-order valence-corrected chi connectivity index (χ1v) is 20.5.